The average Bonchev–Trinajstić information content (AvgIpc) is 2.04. The predicted octanol–water partition coefficient (Wildman–Crippen LogP) is 2.91. The van der Waals surface area contributed by atoms with Crippen LogP contribution < -0.4 is 5.73 Å². The van der Waals surface area contributed by atoms with Crippen LogP contribution in [-0.4, -0.2) is 0 Å². The summed E-state index contributed by atoms with van der Waals surface area (Å²) < 4.78 is 0. The van der Waals surface area contributed by atoms with Gasteiger partial charge in [0.1, 0.15) is 0 Å². The van der Waals surface area contributed by atoms with Crippen LogP contribution in [0.15, 0.2) is 18.2 Å². The fraction of sp³-hybridized carbons (Fsp3) is 0.222. The van der Waals surface area contributed by atoms with Crippen molar-refractivity contribution in [3.05, 3.63) is 33.8 Å². The van der Waals surface area contributed by atoms with E-state index in [0.717, 1.165) is 5.56 Å². The van der Waals surface area contributed by atoms with Gasteiger partial charge in [-0.2, -0.15) is 5.26 Å². The van der Waals surface area contributed by atoms with Gasteiger partial charge >= 0.3 is 0 Å². The summed E-state index contributed by atoms with van der Waals surface area (Å²) in [7, 11) is 0. The van der Waals surface area contributed by atoms with Crippen LogP contribution in [0.2, 0.25) is 10.0 Å². The number of nitriles is 1. The molecule has 1 aromatic rings. The van der Waals surface area contributed by atoms with E-state index < -0.39 is 0 Å². The molecule has 1 rings (SSSR count). The van der Waals surface area contributed by atoms with Gasteiger partial charge in [-0.25, -0.2) is 0 Å². The molecular formula is C9H8Cl2N2. The monoisotopic (exact) mass is 214 g/mol. The Morgan fingerprint density at radius 2 is 2.15 bits per heavy atom. The van der Waals surface area contributed by atoms with Crippen LogP contribution in [-0.2, 0) is 0 Å². The molecule has 1 aromatic carbocycles. The fourth-order valence-electron chi connectivity index (χ4n) is 1.01. The van der Waals surface area contributed by atoms with Crippen molar-refractivity contribution in [1.82, 2.24) is 0 Å². The van der Waals surface area contributed by atoms with Crippen molar-refractivity contribution in [2.24, 2.45) is 5.73 Å². The summed E-state index contributed by atoms with van der Waals surface area (Å²) in [6.45, 7) is 0. The Bertz CT molecular complexity index is 344. The molecule has 0 bridgehead atoms. The molecule has 0 fully saturated rings. The van der Waals surface area contributed by atoms with E-state index >= 15 is 0 Å². The minimum Gasteiger partial charge on any atom is -0.323 e. The first-order valence-corrected chi connectivity index (χ1v) is 4.48. The number of rotatable bonds is 2. The van der Waals surface area contributed by atoms with E-state index in [9.17, 15) is 0 Å². The van der Waals surface area contributed by atoms with Crippen molar-refractivity contribution in [3.8, 4) is 6.07 Å². The molecule has 0 aliphatic rings. The largest absolute Gasteiger partial charge is 0.323 e. The lowest BCUT2D eigenvalue weighted by molar-refractivity contribution is 0.749. The van der Waals surface area contributed by atoms with Gasteiger partial charge in [0.2, 0.25) is 0 Å². The Morgan fingerprint density at radius 1 is 1.46 bits per heavy atom. The van der Waals surface area contributed by atoms with Gasteiger partial charge in [0, 0.05) is 16.1 Å². The summed E-state index contributed by atoms with van der Waals surface area (Å²) in [5.41, 5.74) is 6.46. The van der Waals surface area contributed by atoms with Gasteiger partial charge in [0.05, 0.1) is 12.5 Å². The topological polar surface area (TPSA) is 49.8 Å². The highest BCUT2D eigenvalue weighted by Gasteiger charge is 2.09. The zero-order valence-electron chi connectivity index (χ0n) is 6.80. The molecule has 0 aliphatic heterocycles. The number of hydrogen-bond acceptors (Lipinski definition) is 2. The van der Waals surface area contributed by atoms with Crippen LogP contribution >= 0.6 is 23.2 Å². The van der Waals surface area contributed by atoms with E-state index in [1.165, 1.54) is 0 Å². The maximum Gasteiger partial charge on any atom is 0.0641 e. The van der Waals surface area contributed by atoms with Crippen molar-refractivity contribution >= 4 is 23.2 Å². The van der Waals surface area contributed by atoms with E-state index in [0.29, 0.717) is 10.0 Å². The lowest BCUT2D eigenvalue weighted by atomic mass is 10.1. The van der Waals surface area contributed by atoms with E-state index in [4.69, 9.17) is 34.2 Å². The Kier molecular flexibility index (Phi) is 3.56. The van der Waals surface area contributed by atoms with Gasteiger partial charge in [0.15, 0.2) is 0 Å². The molecule has 68 valence electrons. The van der Waals surface area contributed by atoms with Crippen molar-refractivity contribution in [2.75, 3.05) is 0 Å². The molecule has 2 nitrogen and oxygen atoms in total. The highest BCUT2D eigenvalue weighted by Crippen LogP contribution is 2.26. The molecule has 0 aromatic heterocycles. The van der Waals surface area contributed by atoms with Crippen molar-refractivity contribution in [3.63, 3.8) is 0 Å². The van der Waals surface area contributed by atoms with Gasteiger partial charge in [-0.1, -0.05) is 29.3 Å². The van der Waals surface area contributed by atoms with E-state index in [2.05, 4.69) is 0 Å². The van der Waals surface area contributed by atoms with E-state index in [-0.39, 0.29) is 12.5 Å². The summed E-state index contributed by atoms with van der Waals surface area (Å²) in [4.78, 5) is 0. The highest BCUT2D eigenvalue weighted by atomic mass is 35.5. The molecule has 0 spiro atoms. The summed E-state index contributed by atoms with van der Waals surface area (Å²) in [6.07, 6.45) is 0.251. The smallest absolute Gasteiger partial charge is 0.0641 e. The Balaban J connectivity index is 2.96. The Hall–Kier alpha value is -0.750. The summed E-state index contributed by atoms with van der Waals surface area (Å²) in [5.74, 6) is 0. The molecule has 0 saturated heterocycles. The standard InChI is InChI=1S/C9H8Cl2N2/c10-6-1-2-7(8(11)5-6)9(13)3-4-12/h1-2,5,9H,3,13H2. The summed E-state index contributed by atoms with van der Waals surface area (Å²) >= 11 is 11.6. The molecular weight excluding hydrogens is 207 g/mol. The molecule has 4 heteroatoms. The van der Waals surface area contributed by atoms with Gasteiger partial charge in [0.25, 0.3) is 0 Å². The minimum absolute atomic E-state index is 0.251. The van der Waals surface area contributed by atoms with Crippen molar-refractivity contribution < 1.29 is 0 Å². The number of halogens is 2. The second-order valence-electron chi connectivity index (χ2n) is 2.63. The average molecular weight is 215 g/mol. The van der Waals surface area contributed by atoms with E-state index in [1.54, 1.807) is 18.2 Å². The van der Waals surface area contributed by atoms with Gasteiger partial charge < -0.3 is 5.73 Å². The SMILES string of the molecule is N#CCC(N)c1ccc(Cl)cc1Cl. The number of nitrogens with two attached hydrogens (primary N) is 1. The fourth-order valence-corrected chi connectivity index (χ4v) is 1.56. The van der Waals surface area contributed by atoms with Gasteiger partial charge in [-0.3, -0.25) is 0 Å². The van der Waals surface area contributed by atoms with Gasteiger partial charge in [-0.05, 0) is 17.7 Å². The van der Waals surface area contributed by atoms with Crippen LogP contribution in [0.5, 0.6) is 0 Å². The van der Waals surface area contributed by atoms with Crippen LogP contribution in [0, 0.1) is 11.3 Å². The molecule has 13 heavy (non-hydrogen) atoms. The molecule has 0 radical (unpaired) electrons. The maximum absolute atomic E-state index is 8.44. The zero-order chi connectivity index (χ0) is 9.84. The molecule has 1 atom stereocenters. The number of benzene rings is 1. The molecule has 2 N–H and O–H groups in total. The zero-order valence-corrected chi connectivity index (χ0v) is 8.31. The third kappa shape index (κ3) is 2.60. The van der Waals surface area contributed by atoms with Crippen LogP contribution in [0.1, 0.15) is 18.0 Å². The van der Waals surface area contributed by atoms with Crippen molar-refractivity contribution in [1.29, 1.82) is 5.26 Å². The Labute approximate surface area is 86.9 Å². The maximum atomic E-state index is 8.44. The second-order valence-corrected chi connectivity index (χ2v) is 3.48. The lowest BCUT2D eigenvalue weighted by Gasteiger charge is -2.09. The molecule has 1 unspecified atom stereocenters. The number of nitrogens with zero attached hydrogens (tertiary/aromatic N) is 1. The van der Waals surface area contributed by atoms with Gasteiger partial charge in [-0.15, -0.1) is 0 Å². The molecule has 0 aliphatic carbocycles. The number of hydrogen-bond donors (Lipinski definition) is 1. The highest BCUT2D eigenvalue weighted by molar-refractivity contribution is 6.35. The van der Waals surface area contributed by atoms with Crippen LogP contribution in [0.25, 0.3) is 0 Å². The molecule has 0 amide bonds. The Morgan fingerprint density at radius 3 is 2.69 bits per heavy atom. The first kappa shape index (κ1) is 10.3. The van der Waals surface area contributed by atoms with Crippen LogP contribution in [0.4, 0.5) is 0 Å². The van der Waals surface area contributed by atoms with Crippen molar-refractivity contribution in [2.45, 2.75) is 12.5 Å². The first-order chi connectivity index (χ1) is 6.15. The second kappa shape index (κ2) is 4.48. The van der Waals surface area contributed by atoms with E-state index in [1.807, 2.05) is 6.07 Å². The summed E-state index contributed by atoms with van der Waals surface area (Å²) in [6, 6.07) is 6.72. The first-order valence-electron chi connectivity index (χ1n) is 3.72. The predicted molar refractivity (Wildman–Crippen MR) is 53.6 cm³/mol. The third-order valence-corrected chi connectivity index (χ3v) is 2.24. The molecule has 0 heterocycles. The quantitative estimate of drug-likeness (QED) is 0.824. The summed E-state index contributed by atoms with van der Waals surface area (Å²) in [5, 5.41) is 9.52. The third-order valence-electron chi connectivity index (χ3n) is 1.67. The lowest BCUT2D eigenvalue weighted by Crippen LogP contribution is -2.09. The molecule has 0 saturated carbocycles. The normalized spacial score (nSPS) is 12.2. The van der Waals surface area contributed by atoms with Crippen LogP contribution in [0.3, 0.4) is 0 Å². The minimum atomic E-state index is -0.338.